The lowest BCUT2D eigenvalue weighted by Crippen LogP contribution is -2.42. The Kier molecular flexibility index (Phi) is 4.98. The summed E-state index contributed by atoms with van der Waals surface area (Å²) in [6, 6.07) is 6.78. The van der Waals surface area contributed by atoms with Crippen LogP contribution in [0.3, 0.4) is 0 Å². The Hall–Kier alpha value is -1.59. The maximum absolute atomic E-state index is 12.3. The molecular formula is C14H18ClN3O2. The van der Waals surface area contributed by atoms with Gasteiger partial charge in [-0.25, -0.2) is 0 Å². The van der Waals surface area contributed by atoms with E-state index in [4.69, 9.17) is 11.6 Å². The molecule has 1 unspecified atom stereocenters. The van der Waals surface area contributed by atoms with Crippen LogP contribution in [-0.4, -0.2) is 38.0 Å². The highest BCUT2D eigenvalue weighted by atomic mass is 35.5. The second-order valence-electron chi connectivity index (χ2n) is 4.70. The monoisotopic (exact) mass is 295 g/mol. The van der Waals surface area contributed by atoms with Crippen LogP contribution in [0.4, 0.5) is 5.69 Å². The number of para-hydroxylation sites is 1. The molecule has 2 amide bonds. The van der Waals surface area contributed by atoms with E-state index in [1.54, 1.807) is 18.0 Å². The van der Waals surface area contributed by atoms with Crippen LogP contribution in [0.2, 0.25) is 5.02 Å². The molecule has 0 aliphatic carbocycles. The van der Waals surface area contributed by atoms with Crippen LogP contribution in [0.5, 0.6) is 0 Å². The first-order chi connectivity index (χ1) is 9.63. The molecule has 0 aromatic heterocycles. The smallest absolute Gasteiger partial charge is 0.249 e. The van der Waals surface area contributed by atoms with E-state index >= 15 is 0 Å². The molecule has 108 valence electrons. The number of amides is 2. The summed E-state index contributed by atoms with van der Waals surface area (Å²) < 4.78 is 0. The predicted molar refractivity (Wildman–Crippen MR) is 78.9 cm³/mol. The lowest BCUT2D eigenvalue weighted by Gasteiger charge is -2.18. The van der Waals surface area contributed by atoms with Crippen molar-refractivity contribution in [3.63, 3.8) is 0 Å². The van der Waals surface area contributed by atoms with Gasteiger partial charge in [0.1, 0.15) is 6.04 Å². The van der Waals surface area contributed by atoms with Gasteiger partial charge in [-0.3, -0.25) is 9.59 Å². The lowest BCUT2D eigenvalue weighted by atomic mass is 10.2. The van der Waals surface area contributed by atoms with E-state index in [1.165, 1.54) is 0 Å². The van der Waals surface area contributed by atoms with Crippen molar-refractivity contribution in [3.05, 3.63) is 29.3 Å². The minimum Gasteiger partial charge on any atom is -0.344 e. The second-order valence-corrected chi connectivity index (χ2v) is 5.11. The predicted octanol–water partition coefficient (Wildman–Crippen LogP) is 1.17. The van der Waals surface area contributed by atoms with E-state index in [-0.39, 0.29) is 11.8 Å². The number of carbonyl (C=O) groups excluding carboxylic acids is 2. The molecule has 0 radical (unpaired) electrons. The van der Waals surface area contributed by atoms with E-state index in [2.05, 4.69) is 10.6 Å². The third-order valence-electron chi connectivity index (χ3n) is 3.29. The van der Waals surface area contributed by atoms with Crippen molar-refractivity contribution in [1.82, 2.24) is 10.6 Å². The zero-order chi connectivity index (χ0) is 14.5. The average molecular weight is 296 g/mol. The molecule has 1 aromatic rings. The van der Waals surface area contributed by atoms with Gasteiger partial charge < -0.3 is 15.5 Å². The van der Waals surface area contributed by atoms with Gasteiger partial charge in [0, 0.05) is 19.5 Å². The Morgan fingerprint density at radius 1 is 1.45 bits per heavy atom. The summed E-state index contributed by atoms with van der Waals surface area (Å²) in [5.74, 6) is -0.213. The first-order valence-corrected chi connectivity index (χ1v) is 7.01. The second kappa shape index (κ2) is 6.72. The fraction of sp³-hybridized carbons (Fsp3) is 0.429. The zero-order valence-corrected chi connectivity index (χ0v) is 12.1. The minimum atomic E-state index is -0.448. The molecule has 5 nitrogen and oxygen atoms in total. The van der Waals surface area contributed by atoms with Gasteiger partial charge in [0.2, 0.25) is 11.8 Å². The summed E-state index contributed by atoms with van der Waals surface area (Å²) in [7, 11) is 1.78. The number of hydrogen-bond acceptors (Lipinski definition) is 3. The van der Waals surface area contributed by atoms with Gasteiger partial charge in [0.15, 0.2) is 0 Å². The number of rotatable bonds is 5. The van der Waals surface area contributed by atoms with Crippen molar-refractivity contribution in [2.75, 3.05) is 25.0 Å². The molecule has 1 aromatic carbocycles. The van der Waals surface area contributed by atoms with Crippen molar-refractivity contribution in [1.29, 1.82) is 0 Å². The number of nitrogens with one attached hydrogen (secondary N) is 2. The van der Waals surface area contributed by atoms with E-state index < -0.39 is 6.04 Å². The van der Waals surface area contributed by atoms with Gasteiger partial charge in [-0.05, 0) is 25.6 Å². The Labute approximate surface area is 123 Å². The Balaban J connectivity index is 1.99. The number of anilines is 1. The molecule has 2 N–H and O–H groups in total. The minimum absolute atomic E-state index is 0.101. The zero-order valence-electron chi connectivity index (χ0n) is 11.4. The first-order valence-electron chi connectivity index (χ1n) is 6.63. The number of hydrogen-bond donors (Lipinski definition) is 2. The van der Waals surface area contributed by atoms with Crippen molar-refractivity contribution in [2.24, 2.45) is 0 Å². The largest absolute Gasteiger partial charge is 0.344 e. The van der Waals surface area contributed by atoms with E-state index in [1.807, 2.05) is 18.2 Å². The molecule has 1 fully saturated rings. The molecule has 1 aliphatic heterocycles. The average Bonchev–Trinajstić information content (AvgIpc) is 2.79. The fourth-order valence-electron chi connectivity index (χ4n) is 2.23. The molecule has 1 aliphatic rings. The van der Waals surface area contributed by atoms with Crippen molar-refractivity contribution >= 4 is 29.1 Å². The molecule has 0 bridgehead atoms. The quantitative estimate of drug-likeness (QED) is 0.857. The van der Waals surface area contributed by atoms with Crippen molar-refractivity contribution in [3.8, 4) is 0 Å². The highest BCUT2D eigenvalue weighted by molar-refractivity contribution is 6.34. The topological polar surface area (TPSA) is 61.4 Å². The Morgan fingerprint density at radius 2 is 2.20 bits per heavy atom. The van der Waals surface area contributed by atoms with Crippen molar-refractivity contribution < 1.29 is 9.59 Å². The summed E-state index contributed by atoms with van der Waals surface area (Å²) in [6.07, 6.45) is 0.974. The first kappa shape index (κ1) is 14.8. The van der Waals surface area contributed by atoms with E-state index in [9.17, 15) is 9.59 Å². The number of benzene rings is 1. The lowest BCUT2D eigenvalue weighted by molar-refractivity contribution is -0.126. The van der Waals surface area contributed by atoms with Crippen LogP contribution >= 0.6 is 11.6 Å². The third-order valence-corrected chi connectivity index (χ3v) is 3.61. The molecule has 0 spiro atoms. The molecule has 1 saturated heterocycles. The summed E-state index contributed by atoms with van der Waals surface area (Å²) >= 11 is 6.10. The number of nitrogens with zero attached hydrogens (tertiary/aromatic N) is 1. The molecule has 20 heavy (non-hydrogen) atoms. The highest BCUT2D eigenvalue weighted by Gasteiger charge is 2.34. The van der Waals surface area contributed by atoms with Crippen LogP contribution in [0.15, 0.2) is 24.3 Å². The Morgan fingerprint density at radius 3 is 2.90 bits per heavy atom. The molecule has 2 rings (SSSR count). The summed E-state index contributed by atoms with van der Waals surface area (Å²) in [5, 5.41) is 6.22. The Bertz CT molecular complexity index is 507. The maximum atomic E-state index is 12.3. The summed E-state index contributed by atoms with van der Waals surface area (Å²) in [4.78, 5) is 25.6. The molecule has 0 saturated carbocycles. The van der Waals surface area contributed by atoms with E-state index in [0.29, 0.717) is 36.6 Å². The summed E-state index contributed by atoms with van der Waals surface area (Å²) in [5.41, 5.74) is 0.700. The molecule has 1 atom stereocenters. The van der Waals surface area contributed by atoms with Gasteiger partial charge >= 0.3 is 0 Å². The van der Waals surface area contributed by atoms with Crippen LogP contribution in [0.25, 0.3) is 0 Å². The van der Waals surface area contributed by atoms with Crippen LogP contribution in [0.1, 0.15) is 12.8 Å². The van der Waals surface area contributed by atoms with Crippen LogP contribution < -0.4 is 15.5 Å². The van der Waals surface area contributed by atoms with Crippen LogP contribution in [0, 0.1) is 0 Å². The van der Waals surface area contributed by atoms with Gasteiger partial charge in [-0.1, -0.05) is 23.7 Å². The molecular weight excluding hydrogens is 278 g/mol. The van der Waals surface area contributed by atoms with Gasteiger partial charge in [-0.15, -0.1) is 0 Å². The third kappa shape index (κ3) is 3.29. The molecule has 6 heteroatoms. The maximum Gasteiger partial charge on any atom is 0.249 e. The van der Waals surface area contributed by atoms with Crippen molar-refractivity contribution in [2.45, 2.75) is 18.9 Å². The fourth-order valence-corrected chi connectivity index (χ4v) is 2.47. The van der Waals surface area contributed by atoms with E-state index in [0.717, 1.165) is 0 Å². The number of carbonyl (C=O) groups is 2. The van der Waals surface area contributed by atoms with Gasteiger partial charge in [0.05, 0.1) is 10.7 Å². The molecule has 1 heterocycles. The summed E-state index contributed by atoms with van der Waals surface area (Å²) in [6.45, 7) is 1.17. The van der Waals surface area contributed by atoms with Gasteiger partial charge in [0.25, 0.3) is 0 Å². The normalized spacial score (nSPS) is 18.4. The highest BCUT2D eigenvalue weighted by Crippen LogP contribution is 2.28. The number of halogens is 1. The SMILES string of the molecule is CNCCC(=O)NC1CCN(c2ccccc2Cl)C1=O. The standard InChI is InChI=1S/C14H18ClN3O2/c1-16-8-6-13(19)17-11-7-9-18(14(11)20)12-5-3-2-4-10(12)15/h2-5,11,16H,6-9H2,1H3,(H,17,19). The van der Waals surface area contributed by atoms with Gasteiger partial charge in [-0.2, -0.15) is 0 Å². The van der Waals surface area contributed by atoms with Crippen LogP contribution in [-0.2, 0) is 9.59 Å².